The SMILES string of the molecule is CCCC(Br)CNC(=O)c1cn[nH]n1. The number of amides is 1. The lowest BCUT2D eigenvalue weighted by Gasteiger charge is -2.08. The molecular weight excluding hydrogens is 248 g/mol. The summed E-state index contributed by atoms with van der Waals surface area (Å²) in [6.45, 7) is 2.72. The van der Waals surface area contributed by atoms with E-state index in [1.54, 1.807) is 0 Å². The van der Waals surface area contributed by atoms with Crippen LogP contribution in [-0.2, 0) is 0 Å². The number of carbonyl (C=O) groups is 1. The zero-order valence-electron chi connectivity index (χ0n) is 7.96. The van der Waals surface area contributed by atoms with E-state index in [1.165, 1.54) is 6.20 Å². The molecule has 0 aliphatic heterocycles. The Bertz CT molecular complexity index is 275. The van der Waals surface area contributed by atoms with E-state index in [4.69, 9.17) is 0 Å². The van der Waals surface area contributed by atoms with Crippen molar-refractivity contribution in [2.75, 3.05) is 6.54 Å². The summed E-state index contributed by atoms with van der Waals surface area (Å²) in [7, 11) is 0. The van der Waals surface area contributed by atoms with Crippen LogP contribution in [0.1, 0.15) is 30.3 Å². The van der Waals surface area contributed by atoms with E-state index >= 15 is 0 Å². The predicted octanol–water partition coefficient (Wildman–Crippen LogP) is 1.10. The molecule has 1 aromatic heterocycles. The average molecular weight is 261 g/mol. The maximum atomic E-state index is 11.4. The van der Waals surface area contributed by atoms with Crippen molar-refractivity contribution in [3.8, 4) is 0 Å². The third-order valence-corrected chi connectivity index (χ3v) is 2.52. The normalized spacial score (nSPS) is 12.4. The van der Waals surface area contributed by atoms with E-state index in [0.717, 1.165) is 12.8 Å². The van der Waals surface area contributed by atoms with Crippen LogP contribution in [0, 0.1) is 0 Å². The summed E-state index contributed by atoms with van der Waals surface area (Å²) in [5.74, 6) is -0.195. The van der Waals surface area contributed by atoms with E-state index in [9.17, 15) is 4.79 Å². The smallest absolute Gasteiger partial charge is 0.273 e. The molecule has 78 valence electrons. The van der Waals surface area contributed by atoms with Crippen LogP contribution in [0.25, 0.3) is 0 Å². The summed E-state index contributed by atoms with van der Waals surface area (Å²) >= 11 is 3.47. The third kappa shape index (κ3) is 3.45. The Morgan fingerprint density at radius 1 is 1.79 bits per heavy atom. The molecule has 1 atom stereocenters. The van der Waals surface area contributed by atoms with E-state index < -0.39 is 0 Å². The number of alkyl halides is 1. The van der Waals surface area contributed by atoms with Crippen LogP contribution < -0.4 is 5.32 Å². The van der Waals surface area contributed by atoms with Crippen molar-refractivity contribution in [2.24, 2.45) is 0 Å². The fourth-order valence-corrected chi connectivity index (χ4v) is 1.64. The zero-order chi connectivity index (χ0) is 10.4. The number of H-pyrrole nitrogens is 1. The molecule has 1 aromatic rings. The van der Waals surface area contributed by atoms with Gasteiger partial charge in [-0.2, -0.15) is 15.4 Å². The molecule has 0 spiro atoms. The van der Waals surface area contributed by atoms with Crippen molar-refractivity contribution in [2.45, 2.75) is 24.6 Å². The molecule has 1 unspecified atom stereocenters. The van der Waals surface area contributed by atoms with Gasteiger partial charge in [-0.1, -0.05) is 29.3 Å². The highest BCUT2D eigenvalue weighted by Gasteiger charge is 2.09. The van der Waals surface area contributed by atoms with Crippen molar-refractivity contribution in [1.82, 2.24) is 20.7 Å². The summed E-state index contributed by atoms with van der Waals surface area (Å²) < 4.78 is 0. The minimum Gasteiger partial charge on any atom is -0.349 e. The lowest BCUT2D eigenvalue weighted by Crippen LogP contribution is -2.29. The Balaban J connectivity index is 2.28. The first-order chi connectivity index (χ1) is 6.74. The average Bonchev–Trinajstić information content (AvgIpc) is 2.67. The number of nitrogens with one attached hydrogen (secondary N) is 2. The van der Waals surface area contributed by atoms with Crippen molar-refractivity contribution in [3.05, 3.63) is 11.9 Å². The summed E-state index contributed by atoms with van der Waals surface area (Å²) in [4.78, 5) is 11.7. The number of aromatic nitrogens is 3. The van der Waals surface area contributed by atoms with Crippen LogP contribution in [-0.4, -0.2) is 32.7 Å². The van der Waals surface area contributed by atoms with Gasteiger partial charge in [-0.25, -0.2) is 0 Å². The van der Waals surface area contributed by atoms with Gasteiger partial charge in [0.15, 0.2) is 5.69 Å². The van der Waals surface area contributed by atoms with Gasteiger partial charge >= 0.3 is 0 Å². The van der Waals surface area contributed by atoms with Gasteiger partial charge in [-0.3, -0.25) is 4.79 Å². The molecule has 1 rings (SSSR count). The lowest BCUT2D eigenvalue weighted by molar-refractivity contribution is 0.0948. The highest BCUT2D eigenvalue weighted by molar-refractivity contribution is 9.09. The van der Waals surface area contributed by atoms with Gasteiger partial charge in [0.2, 0.25) is 0 Å². The van der Waals surface area contributed by atoms with Crippen molar-refractivity contribution >= 4 is 21.8 Å². The molecule has 0 aromatic carbocycles. The Labute approximate surface area is 90.8 Å². The van der Waals surface area contributed by atoms with E-state index in [1.807, 2.05) is 0 Å². The van der Waals surface area contributed by atoms with Crippen LogP contribution in [0.5, 0.6) is 0 Å². The number of aromatic amines is 1. The molecule has 0 aliphatic carbocycles. The fraction of sp³-hybridized carbons (Fsp3) is 0.625. The monoisotopic (exact) mass is 260 g/mol. The quantitative estimate of drug-likeness (QED) is 0.779. The Kier molecular flexibility index (Phi) is 4.58. The molecule has 6 heteroatoms. The maximum Gasteiger partial charge on any atom is 0.273 e. The van der Waals surface area contributed by atoms with Crippen LogP contribution in [0.2, 0.25) is 0 Å². The van der Waals surface area contributed by atoms with Crippen molar-refractivity contribution in [3.63, 3.8) is 0 Å². The molecular formula is C8H13BrN4O. The first-order valence-electron chi connectivity index (χ1n) is 4.52. The molecule has 0 fully saturated rings. The van der Waals surface area contributed by atoms with Gasteiger partial charge in [-0.05, 0) is 6.42 Å². The zero-order valence-corrected chi connectivity index (χ0v) is 9.54. The molecule has 0 radical (unpaired) electrons. The van der Waals surface area contributed by atoms with Crippen LogP contribution in [0.3, 0.4) is 0 Å². The number of rotatable bonds is 5. The number of hydrogen-bond donors (Lipinski definition) is 2. The van der Waals surface area contributed by atoms with E-state index in [0.29, 0.717) is 17.1 Å². The second-order valence-corrected chi connectivity index (χ2v) is 4.25. The molecule has 5 nitrogen and oxygen atoms in total. The van der Waals surface area contributed by atoms with Crippen LogP contribution in [0.15, 0.2) is 6.20 Å². The minimum atomic E-state index is -0.195. The van der Waals surface area contributed by atoms with Gasteiger partial charge < -0.3 is 5.32 Å². The summed E-state index contributed by atoms with van der Waals surface area (Å²) in [6.07, 6.45) is 3.53. The molecule has 2 N–H and O–H groups in total. The van der Waals surface area contributed by atoms with Gasteiger partial charge in [0.05, 0.1) is 6.20 Å². The first kappa shape index (κ1) is 11.2. The second-order valence-electron chi connectivity index (χ2n) is 2.95. The topological polar surface area (TPSA) is 70.7 Å². The number of carbonyl (C=O) groups excluding carboxylic acids is 1. The number of hydrogen-bond acceptors (Lipinski definition) is 3. The largest absolute Gasteiger partial charge is 0.349 e. The van der Waals surface area contributed by atoms with Gasteiger partial charge in [0.25, 0.3) is 5.91 Å². The van der Waals surface area contributed by atoms with E-state index in [-0.39, 0.29) is 5.91 Å². The first-order valence-corrected chi connectivity index (χ1v) is 5.43. The van der Waals surface area contributed by atoms with E-state index in [2.05, 4.69) is 43.6 Å². The van der Waals surface area contributed by atoms with Crippen molar-refractivity contribution < 1.29 is 4.79 Å². The Hall–Kier alpha value is -0.910. The molecule has 0 aliphatic rings. The van der Waals surface area contributed by atoms with Gasteiger partial charge in [0, 0.05) is 11.4 Å². The second kappa shape index (κ2) is 5.74. The minimum absolute atomic E-state index is 0.195. The molecule has 0 bridgehead atoms. The molecule has 1 heterocycles. The van der Waals surface area contributed by atoms with Crippen molar-refractivity contribution in [1.29, 1.82) is 0 Å². The molecule has 14 heavy (non-hydrogen) atoms. The summed E-state index contributed by atoms with van der Waals surface area (Å²) in [5, 5.41) is 12.4. The highest BCUT2D eigenvalue weighted by atomic mass is 79.9. The fourth-order valence-electron chi connectivity index (χ4n) is 1.02. The molecule has 0 saturated heterocycles. The molecule has 1 amide bonds. The Morgan fingerprint density at radius 3 is 3.14 bits per heavy atom. The lowest BCUT2D eigenvalue weighted by atomic mass is 10.2. The predicted molar refractivity (Wildman–Crippen MR) is 56.3 cm³/mol. The van der Waals surface area contributed by atoms with Crippen LogP contribution >= 0.6 is 15.9 Å². The number of nitrogens with zero attached hydrogens (tertiary/aromatic N) is 2. The Morgan fingerprint density at radius 2 is 2.57 bits per heavy atom. The summed E-state index contributed by atoms with van der Waals surface area (Å²) in [5.41, 5.74) is 0.321. The molecule has 0 saturated carbocycles. The number of halogens is 1. The third-order valence-electron chi connectivity index (χ3n) is 1.73. The van der Waals surface area contributed by atoms with Crippen LogP contribution in [0.4, 0.5) is 0 Å². The van der Waals surface area contributed by atoms with Gasteiger partial charge in [-0.15, -0.1) is 0 Å². The van der Waals surface area contributed by atoms with Gasteiger partial charge in [0.1, 0.15) is 0 Å². The highest BCUT2D eigenvalue weighted by Crippen LogP contribution is 2.06. The maximum absolute atomic E-state index is 11.4. The summed E-state index contributed by atoms with van der Waals surface area (Å²) in [6, 6.07) is 0. The standard InChI is InChI=1S/C8H13BrN4O/c1-2-3-6(9)4-10-8(14)7-5-11-13-12-7/h5-6H,2-4H2,1H3,(H,10,14)(H,11,12,13).